The van der Waals surface area contributed by atoms with E-state index in [0.29, 0.717) is 24.3 Å². The van der Waals surface area contributed by atoms with Crippen LogP contribution in [0.4, 0.5) is 0 Å². The molecule has 3 aliphatic rings. The van der Waals surface area contributed by atoms with Gasteiger partial charge in [0.2, 0.25) is 0 Å². The third-order valence-corrected chi connectivity index (χ3v) is 5.71. The van der Waals surface area contributed by atoms with Crippen LogP contribution in [0, 0.1) is 5.92 Å². The highest BCUT2D eigenvalue weighted by Gasteiger charge is 2.52. The topological polar surface area (TPSA) is 42.4 Å². The lowest BCUT2D eigenvalue weighted by atomic mass is 9.57. The Morgan fingerprint density at radius 3 is 2.58 bits per heavy atom. The fourth-order valence-corrected chi connectivity index (χ4v) is 4.23. The molecule has 2 saturated heterocycles. The third-order valence-electron chi connectivity index (χ3n) is 5.71. The monoisotopic (exact) mass is 350 g/mol. The fourth-order valence-electron chi connectivity index (χ4n) is 4.23. The number of fused-ring (bicyclic) bond motifs is 2. The normalized spacial score (nSPS) is 24.3. The molecule has 2 aliphatic heterocycles. The van der Waals surface area contributed by atoms with Crippen LogP contribution >= 0.6 is 0 Å². The van der Waals surface area contributed by atoms with Crippen LogP contribution in [0.5, 0.6) is 5.75 Å². The van der Waals surface area contributed by atoms with E-state index in [1.165, 1.54) is 5.56 Å². The van der Waals surface area contributed by atoms with Gasteiger partial charge in [0.05, 0.1) is 12.8 Å². The molecule has 1 amide bonds. The van der Waals surface area contributed by atoms with Crippen LogP contribution < -0.4 is 4.74 Å². The van der Waals surface area contributed by atoms with Gasteiger partial charge < -0.3 is 9.64 Å². The van der Waals surface area contributed by atoms with Crippen molar-refractivity contribution in [3.8, 4) is 5.75 Å². The summed E-state index contributed by atoms with van der Waals surface area (Å²) in [6, 6.07) is 14.7. The van der Waals surface area contributed by atoms with Crippen LogP contribution in [0.15, 0.2) is 48.7 Å². The molecule has 4 heteroatoms. The van der Waals surface area contributed by atoms with Crippen molar-refractivity contribution in [2.24, 2.45) is 5.92 Å². The Bertz CT molecular complexity index is 759. The lowest BCUT2D eigenvalue weighted by Gasteiger charge is -2.57. The molecule has 26 heavy (non-hydrogen) atoms. The minimum atomic E-state index is 0.0479. The summed E-state index contributed by atoms with van der Waals surface area (Å²) in [6.45, 7) is 5.68. The molecule has 3 fully saturated rings. The molecule has 1 aliphatic carbocycles. The fraction of sp³-hybridized carbons (Fsp3) is 0.455. The van der Waals surface area contributed by atoms with Gasteiger partial charge >= 0.3 is 0 Å². The molecule has 4 nitrogen and oxygen atoms in total. The van der Waals surface area contributed by atoms with Gasteiger partial charge in [0.25, 0.3) is 5.91 Å². The summed E-state index contributed by atoms with van der Waals surface area (Å²) in [7, 11) is 0. The number of rotatable bonds is 5. The molecule has 1 aromatic heterocycles. The van der Waals surface area contributed by atoms with Crippen molar-refractivity contribution in [1.82, 2.24) is 9.88 Å². The number of hydrogen-bond donors (Lipinski definition) is 0. The van der Waals surface area contributed by atoms with Crippen molar-refractivity contribution in [2.45, 2.75) is 44.6 Å². The van der Waals surface area contributed by atoms with E-state index in [0.717, 1.165) is 31.6 Å². The summed E-state index contributed by atoms with van der Waals surface area (Å²) in [5.41, 5.74) is 2.22. The van der Waals surface area contributed by atoms with Crippen LogP contribution in [0.2, 0.25) is 0 Å². The van der Waals surface area contributed by atoms with E-state index >= 15 is 0 Å². The van der Waals surface area contributed by atoms with Crippen molar-refractivity contribution in [3.63, 3.8) is 0 Å². The highest BCUT2D eigenvalue weighted by Crippen LogP contribution is 2.52. The molecule has 2 aromatic rings. The van der Waals surface area contributed by atoms with E-state index in [1.807, 2.05) is 11.0 Å². The van der Waals surface area contributed by atoms with Crippen LogP contribution in [0.3, 0.4) is 0 Å². The van der Waals surface area contributed by atoms with E-state index in [1.54, 1.807) is 12.3 Å². The zero-order chi connectivity index (χ0) is 18.1. The molecule has 1 aromatic carbocycles. The Morgan fingerprint density at radius 2 is 2.00 bits per heavy atom. The first-order valence-corrected chi connectivity index (χ1v) is 9.53. The molecule has 0 atom stereocenters. The van der Waals surface area contributed by atoms with Gasteiger partial charge in [-0.25, -0.2) is 4.98 Å². The number of carbonyl (C=O) groups is 1. The summed E-state index contributed by atoms with van der Waals surface area (Å²) in [5, 5.41) is 0. The molecule has 0 radical (unpaired) electrons. The average molecular weight is 350 g/mol. The highest BCUT2D eigenvalue weighted by molar-refractivity contribution is 5.92. The summed E-state index contributed by atoms with van der Waals surface area (Å²) in [6.07, 6.45) is 4.83. The SMILES string of the molecule is CC(C)COc1ccc(C(=O)N2CCC3(c4ccccc4)CC2C3)nc1. The van der Waals surface area contributed by atoms with Gasteiger partial charge in [-0.1, -0.05) is 44.2 Å². The van der Waals surface area contributed by atoms with Crippen molar-refractivity contribution in [2.75, 3.05) is 13.2 Å². The molecular weight excluding hydrogens is 324 g/mol. The Balaban J connectivity index is 1.40. The summed E-state index contributed by atoms with van der Waals surface area (Å²) in [4.78, 5) is 19.2. The van der Waals surface area contributed by atoms with Crippen molar-refractivity contribution >= 4 is 5.91 Å². The molecule has 3 heterocycles. The number of nitrogens with zero attached hydrogens (tertiary/aromatic N) is 2. The van der Waals surface area contributed by atoms with Crippen molar-refractivity contribution < 1.29 is 9.53 Å². The minimum Gasteiger partial charge on any atom is -0.492 e. The maximum absolute atomic E-state index is 12.9. The maximum Gasteiger partial charge on any atom is 0.272 e. The zero-order valence-corrected chi connectivity index (χ0v) is 15.5. The number of amides is 1. The standard InChI is InChI=1S/C22H26N2O2/c1-16(2)15-26-19-8-9-20(23-14-19)21(25)24-11-10-22(12-18(24)13-22)17-6-4-3-5-7-17/h3-9,14,16,18H,10-13,15H2,1-2H3. The molecule has 0 N–H and O–H groups in total. The van der Waals surface area contributed by atoms with Crippen LogP contribution in [0.1, 0.15) is 49.2 Å². The van der Waals surface area contributed by atoms with E-state index in [9.17, 15) is 4.79 Å². The van der Waals surface area contributed by atoms with Crippen molar-refractivity contribution in [3.05, 3.63) is 59.9 Å². The second kappa shape index (κ2) is 6.75. The number of hydrogen-bond acceptors (Lipinski definition) is 3. The first-order valence-electron chi connectivity index (χ1n) is 9.53. The van der Waals surface area contributed by atoms with Gasteiger partial charge in [0.15, 0.2) is 0 Å². The summed E-state index contributed by atoms with van der Waals surface area (Å²) >= 11 is 0. The highest BCUT2D eigenvalue weighted by atomic mass is 16.5. The van der Waals surface area contributed by atoms with Gasteiger partial charge in [-0.3, -0.25) is 4.79 Å². The molecule has 0 spiro atoms. The molecule has 1 saturated carbocycles. The third kappa shape index (κ3) is 3.09. The minimum absolute atomic E-state index is 0.0479. The van der Waals surface area contributed by atoms with E-state index in [-0.39, 0.29) is 11.3 Å². The summed E-state index contributed by atoms with van der Waals surface area (Å²) in [5.74, 6) is 1.24. The first kappa shape index (κ1) is 17.1. The number of ether oxygens (including phenoxy) is 1. The number of carbonyl (C=O) groups excluding carboxylic acids is 1. The largest absolute Gasteiger partial charge is 0.492 e. The van der Waals surface area contributed by atoms with Gasteiger partial charge in [0.1, 0.15) is 11.4 Å². The Labute approximate surface area is 155 Å². The lowest BCUT2D eigenvalue weighted by molar-refractivity contribution is -0.00470. The molecular formula is C22H26N2O2. The van der Waals surface area contributed by atoms with E-state index in [2.05, 4.69) is 49.2 Å². The second-order valence-electron chi connectivity index (χ2n) is 8.04. The Kier molecular flexibility index (Phi) is 4.43. The van der Waals surface area contributed by atoms with Gasteiger partial charge in [-0.05, 0) is 42.9 Å². The van der Waals surface area contributed by atoms with Gasteiger partial charge in [-0.2, -0.15) is 0 Å². The van der Waals surface area contributed by atoms with Crippen LogP contribution in [-0.2, 0) is 5.41 Å². The molecule has 0 unspecified atom stereocenters. The van der Waals surface area contributed by atoms with Crippen LogP contribution in [-0.4, -0.2) is 35.0 Å². The number of benzene rings is 1. The van der Waals surface area contributed by atoms with Gasteiger partial charge in [-0.15, -0.1) is 0 Å². The zero-order valence-electron chi connectivity index (χ0n) is 15.5. The first-order chi connectivity index (χ1) is 12.6. The molecule has 5 rings (SSSR count). The number of piperidine rings is 2. The number of aromatic nitrogens is 1. The lowest BCUT2D eigenvalue weighted by Crippen LogP contribution is -2.61. The Hall–Kier alpha value is -2.36. The maximum atomic E-state index is 12.9. The summed E-state index contributed by atoms with van der Waals surface area (Å²) < 4.78 is 5.65. The van der Waals surface area contributed by atoms with E-state index < -0.39 is 0 Å². The van der Waals surface area contributed by atoms with Gasteiger partial charge in [0, 0.05) is 18.0 Å². The smallest absolute Gasteiger partial charge is 0.272 e. The van der Waals surface area contributed by atoms with E-state index in [4.69, 9.17) is 4.74 Å². The number of pyridine rings is 1. The second-order valence-corrected chi connectivity index (χ2v) is 8.04. The van der Waals surface area contributed by atoms with Crippen molar-refractivity contribution in [1.29, 1.82) is 0 Å². The average Bonchev–Trinajstić information content (AvgIpc) is 2.66. The van der Waals surface area contributed by atoms with Crippen LogP contribution in [0.25, 0.3) is 0 Å². The predicted molar refractivity (Wildman–Crippen MR) is 101 cm³/mol. The molecule has 2 bridgehead atoms. The Morgan fingerprint density at radius 1 is 1.23 bits per heavy atom. The predicted octanol–water partition coefficient (Wildman–Crippen LogP) is 4.06. The quantitative estimate of drug-likeness (QED) is 0.816. The molecule has 136 valence electrons.